The molecule has 0 fully saturated rings. The summed E-state index contributed by atoms with van der Waals surface area (Å²) in [5, 5.41) is 34.4. The van der Waals surface area contributed by atoms with Crippen molar-refractivity contribution in [2.75, 3.05) is 5.01 Å². The molecule has 0 aliphatic heterocycles. The number of aromatic carboxylic acids is 1. The molecule has 0 aliphatic rings. The molecule has 0 amide bonds. The van der Waals surface area contributed by atoms with E-state index in [1.165, 1.54) is 29.3 Å². The maximum Gasteiger partial charge on any atom is 0.231 e. The summed E-state index contributed by atoms with van der Waals surface area (Å²) in [6.45, 7) is 5.24. The highest BCUT2D eigenvalue weighted by atomic mass is 16.6. The molecule has 7 heteroatoms. The Morgan fingerprint density at radius 3 is 2.17 bits per heavy atom. The first-order valence-electron chi connectivity index (χ1n) is 5.21. The summed E-state index contributed by atoms with van der Waals surface area (Å²) < 4.78 is 0. The number of carbonyl (C=O) groups is 1. The lowest BCUT2D eigenvalue weighted by Crippen LogP contribution is -2.46. The number of benzene rings is 1. The molecule has 0 unspecified atom stereocenters. The van der Waals surface area contributed by atoms with Crippen molar-refractivity contribution in [3.8, 4) is 0 Å². The van der Waals surface area contributed by atoms with E-state index in [1.54, 1.807) is 20.8 Å². The predicted octanol–water partition coefficient (Wildman–Crippen LogP) is 0.922. The topological polar surface area (TPSA) is 102 Å². The van der Waals surface area contributed by atoms with Crippen LogP contribution in [0.15, 0.2) is 29.5 Å². The van der Waals surface area contributed by atoms with Gasteiger partial charge in [0.2, 0.25) is 5.28 Å². The minimum atomic E-state index is -1.30. The highest BCUT2D eigenvalue weighted by molar-refractivity contribution is 5.86. The van der Waals surface area contributed by atoms with Gasteiger partial charge in [-0.3, -0.25) is 0 Å². The quantitative estimate of drug-likeness (QED) is 0.489. The van der Waals surface area contributed by atoms with Crippen LogP contribution in [0.4, 0.5) is 5.69 Å². The lowest BCUT2D eigenvalue weighted by atomic mass is 10.1. The lowest BCUT2D eigenvalue weighted by Gasteiger charge is -2.29. The van der Waals surface area contributed by atoms with Gasteiger partial charge in [-0.25, -0.2) is 0 Å². The monoisotopic (exact) mass is 252 g/mol. The zero-order valence-corrected chi connectivity index (χ0v) is 10.3. The Balaban J connectivity index is 3.19. The number of carboxylic acids is 1. The molecule has 0 aliphatic carbocycles. The number of carbonyl (C=O) groups excluding carboxylic acids is 1. The van der Waals surface area contributed by atoms with Crippen LogP contribution in [-0.4, -0.2) is 21.7 Å². The standard InChI is InChI=1S/C11H15N3O4/c1-11(2,3)13(14(18)12-17)9-6-4-8(5-7-9)10(15)16/h4-7,17H,1-3H3,(H,15,16)/p-1/b14-12-. The third-order valence-corrected chi connectivity index (χ3v) is 2.23. The zero-order chi connectivity index (χ0) is 13.9. The molecule has 1 aromatic rings. The first-order chi connectivity index (χ1) is 8.27. The first kappa shape index (κ1) is 13.8. The SMILES string of the molecule is CC(C)(C)N(c1ccc(C(=O)[O-])cc1)/[N+]([O-])=N/O. The molecule has 1 aromatic carbocycles. The van der Waals surface area contributed by atoms with E-state index in [9.17, 15) is 15.1 Å². The molecule has 0 spiro atoms. The van der Waals surface area contributed by atoms with Gasteiger partial charge in [-0.2, -0.15) is 0 Å². The molecule has 0 saturated carbocycles. The Bertz CT molecular complexity index is 462. The second-order valence-electron chi connectivity index (χ2n) is 4.66. The lowest BCUT2D eigenvalue weighted by molar-refractivity contribution is -0.576. The smallest absolute Gasteiger partial charge is 0.231 e. The van der Waals surface area contributed by atoms with Crippen molar-refractivity contribution in [2.45, 2.75) is 26.3 Å². The molecule has 0 saturated heterocycles. The minimum Gasteiger partial charge on any atom is -0.569 e. The third-order valence-electron chi connectivity index (χ3n) is 2.23. The fraction of sp³-hybridized carbons (Fsp3) is 0.364. The minimum absolute atomic E-state index is 0.00555. The number of nitrogens with zero attached hydrogens (tertiary/aromatic N) is 3. The van der Waals surface area contributed by atoms with E-state index in [-0.39, 0.29) is 10.5 Å². The van der Waals surface area contributed by atoms with E-state index in [1.807, 2.05) is 0 Å². The number of hydrogen-bond donors (Lipinski definition) is 1. The van der Waals surface area contributed by atoms with Gasteiger partial charge in [0.1, 0.15) is 5.69 Å². The molecule has 0 atom stereocenters. The average Bonchev–Trinajstić information content (AvgIpc) is 2.27. The van der Waals surface area contributed by atoms with E-state index in [4.69, 9.17) is 5.21 Å². The van der Waals surface area contributed by atoms with Gasteiger partial charge < -0.3 is 20.3 Å². The van der Waals surface area contributed by atoms with Gasteiger partial charge in [0.25, 0.3) is 0 Å². The van der Waals surface area contributed by atoms with Crippen molar-refractivity contribution in [2.24, 2.45) is 5.28 Å². The average molecular weight is 252 g/mol. The maximum atomic E-state index is 11.5. The van der Waals surface area contributed by atoms with Gasteiger partial charge in [0.15, 0.2) is 0 Å². The Morgan fingerprint density at radius 2 is 1.83 bits per heavy atom. The Labute approximate surface area is 104 Å². The molecular formula is C11H14N3O4-. The van der Waals surface area contributed by atoms with E-state index >= 15 is 0 Å². The van der Waals surface area contributed by atoms with Gasteiger partial charge in [-0.15, -0.1) is 5.01 Å². The number of hydrogen-bond acceptors (Lipinski definition) is 4. The summed E-state index contributed by atoms with van der Waals surface area (Å²) in [6.07, 6.45) is 0. The highest BCUT2D eigenvalue weighted by Crippen LogP contribution is 2.24. The van der Waals surface area contributed by atoms with Gasteiger partial charge in [-0.1, -0.05) is 12.1 Å². The van der Waals surface area contributed by atoms with Crippen LogP contribution in [0.1, 0.15) is 31.1 Å². The largest absolute Gasteiger partial charge is 0.569 e. The summed E-state index contributed by atoms with van der Waals surface area (Å²) in [5.41, 5.74) is -0.233. The van der Waals surface area contributed by atoms with Crippen molar-refractivity contribution in [1.29, 1.82) is 0 Å². The molecule has 0 aromatic heterocycles. The molecule has 18 heavy (non-hydrogen) atoms. The number of rotatable bonds is 3. The van der Waals surface area contributed by atoms with Crippen LogP contribution in [-0.2, 0) is 0 Å². The molecule has 7 nitrogen and oxygen atoms in total. The number of anilines is 1. The highest BCUT2D eigenvalue weighted by Gasteiger charge is 2.30. The fourth-order valence-corrected chi connectivity index (χ4v) is 1.52. The van der Waals surface area contributed by atoms with Gasteiger partial charge in [0.05, 0.1) is 16.5 Å². The number of carboxylic acid groups (broad SMARTS) is 1. The molecule has 0 bridgehead atoms. The predicted molar refractivity (Wildman–Crippen MR) is 60.8 cm³/mol. The number of hydrazine groups is 1. The van der Waals surface area contributed by atoms with E-state index in [0.29, 0.717) is 5.69 Å². The molecule has 0 heterocycles. The zero-order valence-electron chi connectivity index (χ0n) is 10.3. The second kappa shape index (κ2) is 4.91. The molecule has 0 radical (unpaired) electrons. The maximum absolute atomic E-state index is 11.5. The van der Waals surface area contributed by atoms with Crippen molar-refractivity contribution >= 4 is 11.7 Å². The summed E-state index contributed by atoms with van der Waals surface area (Å²) in [6, 6.07) is 5.50. The van der Waals surface area contributed by atoms with Crippen molar-refractivity contribution < 1.29 is 20.1 Å². The summed E-state index contributed by atoms with van der Waals surface area (Å²) in [7, 11) is 0. The van der Waals surface area contributed by atoms with E-state index in [0.717, 1.165) is 0 Å². The fourth-order valence-electron chi connectivity index (χ4n) is 1.52. The van der Waals surface area contributed by atoms with Crippen LogP contribution >= 0.6 is 0 Å². The Morgan fingerprint density at radius 1 is 1.33 bits per heavy atom. The van der Waals surface area contributed by atoms with Crippen LogP contribution in [0, 0.1) is 5.21 Å². The van der Waals surface area contributed by atoms with Gasteiger partial charge in [0, 0.05) is 0 Å². The summed E-state index contributed by atoms with van der Waals surface area (Å²) in [5.74, 6) is -1.30. The van der Waals surface area contributed by atoms with Gasteiger partial charge >= 0.3 is 0 Å². The van der Waals surface area contributed by atoms with Crippen LogP contribution in [0.25, 0.3) is 0 Å². The Hall–Kier alpha value is -2.31. The Kier molecular flexibility index (Phi) is 3.75. The van der Waals surface area contributed by atoms with E-state index < -0.39 is 11.5 Å². The van der Waals surface area contributed by atoms with E-state index in [2.05, 4.69) is 5.28 Å². The van der Waals surface area contributed by atoms with Crippen LogP contribution in [0.3, 0.4) is 0 Å². The van der Waals surface area contributed by atoms with Crippen LogP contribution in [0.2, 0.25) is 0 Å². The molecule has 98 valence electrons. The molecular weight excluding hydrogens is 238 g/mol. The van der Waals surface area contributed by atoms with Crippen molar-refractivity contribution in [3.05, 3.63) is 35.0 Å². The van der Waals surface area contributed by atoms with Crippen LogP contribution in [0.5, 0.6) is 0 Å². The first-order valence-corrected chi connectivity index (χ1v) is 5.21. The summed E-state index contributed by atoms with van der Waals surface area (Å²) >= 11 is 0. The van der Waals surface area contributed by atoms with Crippen molar-refractivity contribution in [3.63, 3.8) is 0 Å². The molecule has 1 N–H and O–H groups in total. The van der Waals surface area contributed by atoms with Gasteiger partial charge in [-0.05, 0) is 38.5 Å². The second-order valence-corrected chi connectivity index (χ2v) is 4.66. The summed E-state index contributed by atoms with van der Waals surface area (Å²) in [4.78, 5) is 10.6. The third kappa shape index (κ3) is 2.88. The normalized spacial score (nSPS) is 12.3. The van der Waals surface area contributed by atoms with Crippen molar-refractivity contribution in [1.82, 2.24) is 0 Å². The van der Waals surface area contributed by atoms with Crippen LogP contribution < -0.4 is 10.1 Å². The molecule has 1 rings (SSSR count).